The minimum absolute atomic E-state index is 0.0856. The van der Waals surface area contributed by atoms with Crippen molar-refractivity contribution in [1.29, 1.82) is 0 Å². The zero-order valence-electron chi connectivity index (χ0n) is 11.5. The van der Waals surface area contributed by atoms with Gasteiger partial charge in [0, 0.05) is 16.0 Å². The zero-order chi connectivity index (χ0) is 15.5. The lowest BCUT2D eigenvalue weighted by molar-refractivity contribution is 0.762. The van der Waals surface area contributed by atoms with Gasteiger partial charge in [-0.05, 0) is 35.5 Å². The Morgan fingerprint density at radius 1 is 1.05 bits per heavy atom. The molecule has 0 aliphatic heterocycles. The fraction of sp³-hybridized carbons (Fsp3) is 0.0588. The van der Waals surface area contributed by atoms with Crippen molar-refractivity contribution in [2.24, 2.45) is 0 Å². The van der Waals surface area contributed by atoms with Crippen LogP contribution in [0.3, 0.4) is 0 Å². The van der Waals surface area contributed by atoms with Crippen LogP contribution >= 0.6 is 35.2 Å². The summed E-state index contributed by atoms with van der Waals surface area (Å²) >= 11 is 12.7. The van der Waals surface area contributed by atoms with Gasteiger partial charge in [-0.15, -0.1) is 11.3 Å². The maximum absolute atomic E-state index is 12.4. The number of nitrogens with zero attached hydrogens (tertiary/aromatic N) is 1. The van der Waals surface area contributed by atoms with E-state index in [1.165, 1.54) is 11.3 Å². The molecule has 0 aliphatic carbocycles. The van der Waals surface area contributed by atoms with Gasteiger partial charge in [0.05, 0.1) is 6.54 Å². The average molecular weight is 346 g/mol. The largest absolute Gasteiger partial charge is 0.287 e. The Balaban J connectivity index is 1.99. The molecule has 0 N–H and O–H groups in total. The third-order valence-electron chi connectivity index (χ3n) is 3.25. The second-order valence-electron chi connectivity index (χ2n) is 4.79. The van der Waals surface area contributed by atoms with E-state index in [0.29, 0.717) is 15.5 Å². The monoisotopic (exact) mass is 345 g/mol. The molecule has 0 aliphatic rings. The summed E-state index contributed by atoms with van der Waals surface area (Å²) in [5.74, 6) is 0. The Morgan fingerprint density at radius 3 is 2.36 bits per heavy atom. The molecule has 0 spiro atoms. The van der Waals surface area contributed by atoms with Gasteiger partial charge in [-0.2, -0.15) is 0 Å². The molecule has 0 bridgehead atoms. The molecule has 0 unspecified atom stereocenters. The third kappa shape index (κ3) is 3.35. The van der Waals surface area contributed by atoms with Gasteiger partial charge in [0.25, 0.3) is 5.56 Å². The molecular weight excluding hydrogens is 334 g/mol. The highest BCUT2D eigenvalue weighted by molar-refractivity contribution is 7.73. The fourth-order valence-electron chi connectivity index (χ4n) is 2.12. The number of aromatic nitrogens is 1. The Labute approximate surface area is 142 Å². The van der Waals surface area contributed by atoms with Crippen LogP contribution < -0.4 is 5.56 Å². The summed E-state index contributed by atoms with van der Waals surface area (Å²) in [6.07, 6.45) is 0. The summed E-state index contributed by atoms with van der Waals surface area (Å²) in [5.41, 5.74) is 1.92. The molecule has 2 aromatic carbocycles. The molecular formula is C17H12ClNOS2. The second-order valence-corrected chi connectivity index (χ2v) is 6.91. The topological polar surface area (TPSA) is 22.0 Å². The van der Waals surface area contributed by atoms with Gasteiger partial charge in [0.15, 0.2) is 3.95 Å². The summed E-state index contributed by atoms with van der Waals surface area (Å²) < 4.78 is 2.18. The molecule has 110 valence electrons. The maximum Gasteiger partial charge on any atom is 0.253 e. The van der Waals surface area contributed by atoms with E-state index in [1.807, 2.05) is 54.6 Å². The minimum Gasteiger partial charge on any atom is -0.287 e. The number of hydrogen-bond donors (Lipinski definition) is 0. The van der Waals surface area contributed by atoms with Crippen LogP contribution in [0, 0.1) is 3.95 Å². The van der Waals surface area contributed by atoms with Gasteiger partial charge >= 0.3 is 0 Å². The van der Waals surface area contributed by atoms with E-state index in [1.54, 1.807) is 10.6 Å². The van der Waals surface area contributed by atoms with Gasteiger partial charge in [0.1, 0.15) is 0 Å². The lowest BCUT2D eigenvalue weighted by Crippen LogP contribution is -2.19. The van der Waals surface area contributed by atoms with Crippen LogP contribution in [0.25, 0.3) is 10.4 Å². The predicted molar refractivity (Wildman–Crippen MR) is 95.4 cm³/mol. The van der Waals surface area contributed by atoms with Gasteiger partial charge in [-0.1, -0.05) is 54.1 Å². The van der Waals surface area contributed by atoms with E-state index in [4.69, 9.17) is 23.8 Å². The third-order valence-corrected chi connectivity index (χ3v) is 4.94. The van der Waals surface area contributed by atoms with Crippen molar-refractivity contribution in [1.82, 2.24) is 4.57 Å². The molecule has 0 radical (unpaired) electrons. The molecule has 3 aromatic rings. The zero-order valence-corrected chi connectivity index (χ0v) is 13.9. The van der Waals surface area contributed by atoms with Crippen LogP contribution in [0.4, 0.5) is 0 Å². The Kier molecular flexibility index (Phi) is 4.52. The molecule has 1 aromatic heterocycles. The first-order valence-corrected chi connectivity index (χ1v) is 8.28. The van der Waals surface area contributed by atoms with Gasteiger partial charge in [-0.25, -0.2) is 0 Å². The van der Waals surface area contributed by atoms with E-state index in [9.17, 15) is 4.79 Å². The van der Waals surface area contributed by atoms with Gasteiger partial charge in [0.2, 0.25) is 0 Å². The van der Waals surface area contributed by atoms with E-state index in [0.717, 1.165) is 16.0 Å². The average Bonchev–Trinajstić information content (AvgIpc) is 2.53. The molecule has 3 rings (SSSR count). The van der Waals surface area contributed by atoms with E-state index in [2.05, 4.69) is 0 Å². The molecule has 22 heavy (non-hydrogen) atoms. The maximum atomic E-state index is 12.4. The van der Waals surface area contributed by atoms with Crippen molar-refractivity contribution in [3.8, 4) is 10.4 Å². The van der Waals surface area contributed by atoms with Crippen LogP contribution in [-0.2, 0) is 6.54 Å². The molecule has 5 heteroatoms. The fourth-order valence-corrected chi connectivity index (χ4v) is 3.53. The Morgan fingerprint density at radius 2 is 1.73 bits per heavy atom. The van der Waals surface area contributed by atoms with Crippen LogP contribution in [0.5, 0.6) is 0 Å². The number of halogens is 1. The highest BCUT2D eigenvalue weighted by atomic mass is 35.5. The summed E-state index contributed by atoms with van der Waals surface area (Å²) in [5, 5.41) is 0.678. The minimum atomic E-state index is -0.0856. The first-order valence-electron chi connectivity index (χ1n) is 6.68. The van der Waals surface area contributed by atoms with Crippen LogP contribution in [-0.4, -0.2) is 4.57 Å². The van der Waals surface area contributed by atoms with Crippen molar-refractivity contribution in [3.05, 3.63) is 85.6 Å². The Bertz CT molecular complexity index is 867. The molecule has 0 saturated carbocycles. The van der Waals surface area contributed by atoms with Crippen LogP contribution in [0.2, 0.25) is 5.02 Å². The summed E-state index contributed by atoms with van der Waals surface area (Å²) in [4.78, 5) is 13.3. The normalized spacial score (nSPS) is 10.6. The van der Waals surface area contributed by atoms with Gasteiger partial charge < -0.3 is 0 Å². The number of hydrogen-bond acceptors (Lipinski definition) is 3. The number of benzene rings is 2. The first-order chi connectivity index (χ1) is 10.6. The summed E-state index contributed by atoms with van der Waals surface area (Å²) in [6, 6.07) is 18.9. The highest BCUT2D eigenvalue weighted by Gasteiger charge is 2.05. The van der Waals surface area contributed by atoms with Crippen molar-refractivity contribution in [2.75, 3.05) is 0 Å². The number of rotatable bonds is 3. The molecule has 2 nitrogen and oxygen atoms in total. The molecule has 0 fully saturated rings. The first kappa shape index (κ1) is 15.2. The highest BCUT2D eigenvalue weighted by Crippen LogP contribution is 2.22. The lowest BCUT2D eigenvalue weighted by Gasteiger charge is -2.07. The Hall–Kier alpha value is -1.75. The van der Waals surface area contributed by atoms with Crippen molar-refractivity contribution < 1.29 is 0 Å². The smallest absolute Gasteiger partial charge is 0.253 e. The summed E-state index contributed by atoms with van der Waals surface area (Å²) in [6.45, 7) is 0.459. The van der Waals surface area contributed by atoms with Crippen molar-refractivity contribution in [2.45, 2.75) is 6.54 Å². The molecule has 0 saturated heterocycles. The van der Waals surface area contributed by atoms with E-state index >= 15 is 0 Å². The molecule has 0 atom stereocenters. The van der Waals surface area contributed by atoms with Crippen LogP contribution in [0.1, 0.15) is 5.56 Å². The van der Waals surface area contributed by atoms with Crippen molar-refractivity contribution >= 4 is 35.2 Å². The SMILES string of the molecule is O=c1cc(-c2ccccc2)sc(=S)n1Cc1ccc(Cl)cc1. The molecule has 0 amide bonds. The quantitative estimate of drug-likeness (QED) is 0.622. The standard InChI is InChI=1S/C17H12ClNOS2/c18-14-8-6-12(7-9-14)11-19-16(20)10-15(22-17(19)21)13-4-2-1-3-5-13/h1-10H,11H2. The summed E-state index contributed by atoms with van der Waals surface area (Å²) in [7, 11) is 0. The van der Waals surface area contributed by atoms with E-state index < -0.39 is 0 Å². The predicted octanol–water partition coefficient (Wildman–Crippen LogP) is 5.01. The van der Waals surface area contributed by atoms with Crippen LogP contribution in [0.15, 0.2) is 65.5 Å². The second kappa shape index (κ2) is 6.57. The lowest BCUT2D eigenvalue weighted by atomic mass is 10.2. The van der Waals surface area contributed by atoms with Gasteiger partial charge in [-0.3, -0.25) is 9.36 Å². The van der Waals surface area contributed by atoms with Crippen molar-refractivity contribution in [3.63, 3.8) is 0 Å². The van der Waals surface area contributed by atoms with E-state index in [-0.39, 0.29) is 5.56 Å². The molecule has 1 heterocycles.